The van der Waals surface area contributed by atoms with Gasteiger partial charge in [0.15, 0.2) is 0 Å². The summed E-state index contributed by atoms with van der Waals surface area (Å²) in [7, 11) is 0. The van der Waals surface area contributed by atoms with E-state index in [0.29, 0.717) is 5.56 Å². The molecule has 0 aliphatic heterocycles. The van der Waals surface area contributed by atoms with E-state index in [0.717, 1.165) is 18.2 Å². The van der Waals surface area contributed by atoms with E-state index in [1.54, 1.807) is 0 Å². The Morgan fingerprint density at radius 3 is 2.23 bits per heavy atom. The van der Waals surface area contributed by atoms with Crippen LogP contribution >= 0.6 is 11.6 Å². The molecule has 3 aromatic rings. The highest BCUT2D eigenvalue weighted by atomic mass is 35.5. The van der Waals surface area contributed by atoms with Crippen molar-refractivity contribution in [1.29, 1.82) is 0 Å². The van der Waals surface area contributed by atoms with E-state index in [4.69, 9.17) is 16.0 Å². The van der Waals surface area contributed by atoms with Crippen LogP contribution < -0.4 is 5.43 Å². The number of hydrazone groups is 1. The lowest BCUT2D eigenvalue weighted by molar-refractivity contribution is -0.393. The number of rotatable bonds is 7. The van der Waals surface area contributed by atoms with E-state index in [9.17, 15) is 30.3 Å². The number of nitrogens with one attached hydrogen (secondary N) is 1. The molecule has 0 aliphatic carbocycles. The minimum Gasteiger partial charge on any atom is -0.455 e. The highest BCUT2D eigenvalue weighted by Gasteiger charge is 2.19. The summed E-state index contributed by atoms with van der Waals surface area (Å²) in [5.74, 6) is 0.483. The molecule has 0 fully saturated rings. The Balaban J connectivity index is 1.81. The molecule has 0 aliphatic rings. The number of hydrogen-bond acceptors (Lipinski definition) is 9. The van der Waals surface area contributed by atoms with Gasteiger partial charge in [0.2, 0.25) is 0 Å². The molecule has 1 N–H and O–H groups in total. The van der Waals surface area contributed by atoms with Gasteiger partial charge in [-0.2, -0.15) is 5.10 Å². The normalized spacial score (nSPS) is 10.8. The van der Waals surface area contributed by atoms with Crippen LogP contribution in [-0.2, 0) is 0 Å². The molecule has 0 radical (unpaired) electrons. The molecular weight excluding hydrogens is 422 g/mol. The van der Waals surface area contributed by atoms with Gasteiger partial charge in [-0.1, -0.05) is 11.6 Å². The van der Waals surface area contributed by atoms with Gasteiger partial charge in [-0.05, 0) is 24.3 Å². The lowest BCUT2D eigenvalue weighted by Crippen LogP contribution is -1.98. The third-order valence-electron chi connectivity index (χ3n) is 3.82. The molecule has 30 heavy (non-hydrogen) atoms. The minimum atomic E-state index is -0.778. The minimum absolute atomic E-state index is 0.0599. The van der Waals surface area contributed by atoms with E-state index in [1.807, 2.05) is 0 Å². The van der Waals surface area contributed by atoms with Gasteiger partial charge in [-0.3, -0.25) is 35.8 Å². The average Bonchev–Trinajstić information content (AvgIpc) is 3.16. The average molecular weight is 432 g/mol. The van der Waals surface area contributed by atoms with Crippen LogP contribution in [0, 0.1) is 30.3 Å². The standard InChI is InChI=1S/C17H10ClN5O7/c18-14-4-1-10(21(24)25)7-13(14)17-6-3-12(30-17)9-19-20-15-5-2-11(22(26)27)8-16(15)23(28)29/h1-9,20H/b19-9+. The fourth-order valence-corrected chi connectivity index (χ4v) is 2.64. The van der Waals surface area contributed by atoms with Crippen LogP contribution in [0.15, 0.2) is 58.0 Å². The van der Waals surface area contributed by atoms with Gasteiger partial charge < -0.3 is 4.42 Å². The van der Waals surface area contributed by atoms with E-state index >= 15 is 0 Å². The van der Waals surface area contributed by atoms with Crippen molar-refractivity contribution in [2.45, 2.75) is 0 Å². The molecule has 1 aromatic heterocycles. The molecule has 0 saturated carbocycles. The third-order valence-corrected chi connectivity index (χ3v) is 4.15. The molecule has 2 aromatic carbocycles. The van der Waals surface area contributed by atoms with Gasteiger partial charge in [0.1, 0.15) is 17.2 Å². The van der Waals surface area contributed by atoms with Crippen LogP contribution in [0.4, 0.5) is 22.7 Å². The van der Waals surface area contributed by atoms with Gasteiger partial charge in [0.05, 0.1) is 32.1 Å². The molecule has 0 spiro atoms. The molecule has 152 valence electrons. The molecule has 0 atom stereocenters. The number of benzene rings is 2. The first-order valence-corrected chi connectivity index (χ1v) is 8.40. The molecule has 0 unspecified atom stereocenters. The first kappa shape index (κ1) is 20.4. The summed E-state index contributed by atoms with van der Waals surface area (Å²) >= 11 is 6.07. The maximum Gasteiger partial charge on any atom is 0.301 e. The molecule has 0 bridgehead atoms. The SMILES string of the molecule is O=[N+]([O-])c1ccc(Cl)c(-c2ccc(/C=N/Nc3ccc([N+](=O)[O-])cc3[N+](=O)[O-])o2)c1. The number of halogens is 1. The highest BCUT2D eigenvalue weighted by Crippen LogP contribution is 2.32. The maximum atomic E-state index is 11.1. The fourth-order valence-electron chi connectivity index (χ4n) is 2.43. The van der Waals surface area contributed by atoms with Crippen LogP contribution in [0.5, 0.6) is 0 Å². The van der Waals surface area contributed by atoms with Crippen LogP contribution in [0.25, 0.3) is 11.3 Å². The second-order valence-corrected chi connectivity index (χ2v) is 6.12. The van der Waals surface area contributed by atoms with Crippen molar-refractivity contribution in [2.24, 2.45) is 5.10 Å². The fraction of sp³-hybridized carbons (Fsp3) is 0. The molecule has 1 heterocycles. The van der Waals surface area contributed by atoms with Crippen molar-refractivity contribution in [2.75, 3.05) is 5.43 Å². The summed E-state index contributed by atoms with van der Waals surface area (Å²) in [5.41, 5.74) is 1.56. The van der Waals surface area contributed by atoms with Gasteiger partial charge in [-0.25, -0.2) is 0 Å². The predicted octanol–water partition coefficient (Wildman–Crippen LogP) is 4.77. The Morgan fingerprint density at radius 1 is 0.900 bits per heavy atom. The number of nitro groups is 3. The van der Waals surface area contributed by atoms with Crippen LogP contribution in [0.2, 0.25) is 5.02 Å². The van der Waals surface area contributed by atoms with Crippen molar-refractivity contribution < 1.29 is 19.2 Å². The maximum absolute atomic E-state index is 11.1. The van der Waals surface area contributed by atoms with E-state index in [2.05, 4.69) is 10.5 Å². The van der Waals surface area contributed by atoms with Gasteiger partial charge in [-0.15, -0.1) is 0 Å². The molecule has 0 amide bonds. The Morgan fingerprint density at radius 2 is 1.57 bits per heavy atom. The summed E-state index contributed by atoms with van der Waals surface area (Å²) in [4.78, 5) is 30.7. The van der Waals surface area contributed by atoms with Crippen molar-refractivity contribution in [3.8, 4) is 11.3 Å². The summed E-state index contributed by atoms with van der Waals surface area (Å²) in [5, 5.41) is 36.9. The summed E-state index contributed by atoms with van der Waals surface area (Å²) in [6.45, 7) is 0. The van der Waals surface area contributed by atoms with Gasteiger partial charge >= 0.3 is 5.69 Å². The second kappa shape index (κ2) is 8.36. The Kier molecular flexibility index (Phi) is 5.69. The largest absolute Gasteiger partial charge is 0.455 e. The van der Waals surface area contributed by atoms with Crippen molar-refractivity contribution in [3.63, 3.8) is 0 Å². The lowest BCUT2D eigenvalue weighted by Gasteiger charge is -2.02. The zero-order valence-corrected chi connectivity index (χ0v) is 15.5. The van der Waals surface area contributed by atoms with Crippen LogP contribution in [-0.4, -0.2) is 21.0 Å². The van der Waals surface area contributed by atoms with Crippen molar-refractivity contribution >= 4 is 40.6 Å². The topological polar surface area (TPSA) is 167 Å². The number of non-ortho nitro benzene ring substituents is 2. The van der Waals surface area contributed by atoms with E-state index in [1.165, 1.54) is 36.5 Å². The van der Waals surface area contributed by atoms with Gasteiger partial charge in [0.25, 0.3) is 11.4 Å². The molecular formula is C17H10ClN5O7. The first-order valence-electron chi connectivity index (χ1n) is 8.02. The molecule has 12 nitrogen and oxygen atoms in total. The van der Waals surface area contributed by atoms with E-state index < -0.39 is 26.1 Å². The lowest BCUT2D eigenvalue weighted by atomic mass is 10.1. The van der Waals surface area contributed by atoms with Crippen molar-refractivity contribution in [1.82, 2.24) is 0 Å². The Hall–Kier alpha value is -4.32. The smallest absolute Gasteiger partial charge is 0.301 e. The van der Waals surface area contributed by atoms with Crippen LogP contribution in [0.3, 0.4) is 0 Å². The van der Waals surface area contributed by atoms with Crippen LogP contribution in [0.1, 0.15) is 5.76 Å². The number of nitro benzene ring substituents is 3. The van der Waals surface area contributed by atoms with Crippen molar-refractivity contribution in [3.05, 3.63) is 89.7 Å². The first-order chi connectivity index (χ1) is 14.3. The summed E-state index contributed by atoms with van der Waals surface area (Å²) < 4.78 is 5.53. The quantitative estimate of drug-likeness (QED) is 0.317. The number of nitrogens with zero attached hydrogens (tertiary/aromatic N) is 4. The van der Waals surface area contributed by atoms with Gasteiger partial charge in [0, 0.05) is 23.8 Å². The third kappa shape index (κ3) is 4.39. The van der Waals surface area contributed by atoms with E-state index in [-0.39, 0.29) is 27.9 Å². The zero-order chi connectivity index (χ0) is 21.8. The summed E-state index contributed by atoms with van der Waals surface area (Å²) in [6, 6.07) is 10.0. The highest BCUT2D eigenvalue weighted by molar-refractivity contribution is 6.33. The molecule has 3 rings (SSSR count). The second-order valence-electron chi connectivity index (χ2n) is 5.71. The predicted molar refractivity (Wildman–Crippen MR) is 107 cm³/mol. The number of hydrogen-bond donors (Lipinski definition) is 1. The summed E-state index contributed by atoms with van der Waals surface area (Å²) in [6.07, 6.45) is 1.21. The number of furan rings is 1. The number of anilines is 1. The zero-order valence-electron chi connectivity index (χ0n) is 14.7. The molecule has 0 saturated heterocycles. The Labute approximate surface area is 171 Å². The molecule has 13 heteroatoms. The Bertz CT molecular complexity index is 1190. The monoisotopic (exact) mass is 431 g/mol.